The van der Waals surface area contributed by atoms with Gasteiger partial charge in [0.05, 0.1) is 18.7 Å². The molecule has 0 bridgehead atoms. The van der Waals surface area contributed by atoms with Crippen molar-refractivity contribution < 1.29 is 18.7 Å². The molecule has 0 N–H and O–H groups in total. The Morgan fingerprint density at radius 1 is 1.61 bits per heavy atom. The maximum atomic E-state index is 12.9. The lowest BCUT2D eigenvalue weighted by molar-refractivity contribution is -0.145. The van der Waals surface area contributed by atoms with Crippen LogP contribution in [0.2, 0.25) is 0 Å². The molecule has 2 rings (SSSR count). The molecule has 1 aromatic heterocycles. The number of ether oxygens (including phenoxy) is 1. The highest BCUT2D eigenvalue weighted by atomic mass is 79.9. The van der Waals surface area contributed by atoms with Gasteiger partial charge in [-0.1, -0.05) is 0 Å². The predicted octanol–water partition coefficient (Wildman–Crippen LogP) is 1.51. The molecule has 0 spiro atoms. The summed E-state index contributed by atoms with van der Waals surface area (Å²) in [6.07, 6.45) is 0.0937. The van der Waals surface area contributed by atoms with Crippen LogP contribution in [0.1, 0.15) is 6.42 Å². The molecular weight excluding hydrogens is 307 g/mol. The number of nitrogens with zero attached hydrogens (tertiary/aromatic N) is 2. The van der Waals surface area contributed by atoms with Crippen LogP contribution in [0.25, 0.3) is 0 Å². The number of carbonyl (C=O) groups excluding carboxylic acids is 2. The van der Waals surface area contributed by atoms with Crippen molar-refractivity contribution in [1.29, 1.82) is 0 Å². The van der Waals surface area contributed by atoms with Gasteiger partial charge >= 0.3 is 5.97 Å². The lowest BCUT2D eigenvalue weighted by Gasteiger charge is -2.17. The molecule has 1 fully saturated rings. The molecule has 2 heterocycles. The van der Waals surface area contributed by atoms with Crippen LogP contribution < -0.4 is 4.90 Å². The Hall–Kier alpha value is -1.50. The van der Waals surface area contributed by atoms with E-state index in [-0.39, 0.29) is 23.5 Å². The van der Waals surface area contributed by atoms with E-state index in [0.717, 1.165) is 0 Å². The summed E-state index contributed by atoms with van der Waals surface area (Å²) in [5, 5.41) is 0. The summed E-state index contributed by atoms with van der Waals surface area (Å²) >= 11 is 3.10. The van der Waals surface area contributed by atoms with Gasteiger partial charge in [0.2, 0.25) is 11.9 Å². The second kappa shape index (κ2) is 5.01. The van der Waals surface area contributed by atoms with Gasteiger partial charge in [-0.05, 0) is 28.1 Å². The number of methoxy groups -OCH3 is 1. The highest BCUT2D eigenvalue weighted by molar-refractivity contribution is 9.10. The predicted molar refractivity (Wildman–Crippen MR) is 64.4 cm³/mol. The standard InChI is InChI=1S/C11H10BrFN2O3/c1-18-11(17)6-4-9(16)15(5-6)7-2-3-8(13)14-10(7)12/h2-3,6H,4-5H2,1H3. The van der Waals surface area contributed by atoms with E-state index in [2.05, 4.69) is 25.7 Å². The number of carbonyl (C=O) groups is 2. The quantitative estimate of drug-likeness (QED) is 0.613. The summed E-state index contributed by atoms with van der Waals surface area (Å²) in [6, 6.07) is 2.61. The fourth-order valence-corrected chi connectivity index (χ4v) is 2.39. The molecule has 0 aromatic carbocycles. The van der Waals surface area contributed by atoms with Crippen molar-refractivity contribution in [3.63, 3.8) is 0 Å². The minimum absolute atomic E-state index is 0.0937. The van der Waals surface area contributed by atoms with Crippen molar-refractivity contribution in [1.82, 2.24) is 4.98 Å². The molecule has 0 saturated carbocycles. The van der Waals surface area contributed by atoms with Gasteiger partial charge in [-0.15, -0.1) is 0 Å². The largest absolute Gasteiger partial charge is 0.469 e. The number of esters is 1. The van der Waals surface area contributed by atoms with Crippen molar-refractivity contribution >= 4 is 33.5 Å². The van der Waals surface area contributed by atoms with Crippen LogP contribution in [0, 0.1) is 11.9 Å². The number of halogens is 2. The third-order valence-corrected chi connectivity index (χ3v) is 3.33. The Morgan fingerprint density at radius 2 is 2.33 bits per heavy atom. The number of amides is 1. The van der Waals surface area contributed by atoms with E-state index in [9.17, 15) is 14.0 Å². The second-order valence-corrected chi connectivity index (χ2v) is 4.62. The van der Waals surface area contributed by atoms with Crippen LogP contribution in [0.4, 0.5) is 10.1 Å². The van der Waals surface area contributed by atoms with Crippen molar-refractivity contribution in [3.05, 3.63) is 22.7 Å². The van der Waals surface area contributed by atoms with E-state index >= 15 is 0 Å². The normalized spacial score (nSPS) is 19.2. The van der Waals surface area contributed by atoms with E-state index in [1.165, 1.54) is 24.1 Å². The van der Waals surface area contributed by atoms with Gasteiger partial charge in [0.25, 0.3) is 0 Å². The van der Waals surface area contributed by atoms with Crippen LogP contribution in [0.15, 0.2) is 16.7 Å². The van der Waals surface area contributed by atoms with Crippen LogP contribution in [-0.2, 0) is 14.3 Å². The highest BCUT2D eigenvalue weighted by Gasteiger charge is 2.36. The summed E-state index contributed by atoms with van der Waals surface area (Å²) < 4.78 is 17.7. The van der Waals surface area contributed by atoms with Gasteiger partial charge in [-0.2, -0.15) is 4.39 Å². The first-order valence-corrected chi connectivity index (χ1v) is 6.02. The Bertz CT molecular complexity index is 509. The Labute approximate surface area is 111 Å². The molecule has 1 aliphatic rings. The van der Waals surface area contributed by atoms with Crippen molar-refractivity contribution in [3.8, 4) is 0 Å². The maximum Gasteiger partial charge on any atom is 0.311 e. The number of hydrogen-bond acceptors (Lipinski definition) is 4. The van der Waals surface area contributed by atoms with E-state index in [4.69, 9.17) is 0 Å². The number of pyridine rings is 1. The van der Waals surface area contributed by atoms with Gasteiger partial charge in [-0.25, -0.2) is 4.98 Å². The zero-order valence-electron chi connectivity index (χ0n) is 9.52. The van der Waals surface area contributed by atoms with Crippen molar-refractivity contribution in [2.24, 2.45) is 5.92 Å². The first-order chi connectivity index (χ1) is 8.52. The minimum atomic E-state index is -0.637. The smallest absolute Gasteiger partial charge is 0.311 e. The van der Waals surface area contributed by atoms with Gasteiger partial charge in [-0.3, -0.25) is 9.59 Å². The van der Waals surface area contributed by atoms with E-state index < -0.39 is 17.8 Å². The summed E-state index contributed by atoms with van der Waals surface area (Å²) in [6.45, 7) is 0.220. The van der Waals surface area contributed by atoms with Crippen LogP contribution >= 0.6 is 15.9 Å². The fourth-order valence-electron chi connectivity index (χ4n) is 1.87. The Kier molecular flexibility index (Phi) is 3.60. The SMILES string of the molecule is COC(=O)C1CC(=O)N(c2ccc(F)nc2Br)C1. The maximum absolute atomic E-state index is 12.9. The average Bonchev–Trinajstić information content (AvgIpc) is 2.70. The number of aromatic nitrogens is 1. The van der Waals surface area contributed by atoms with Gasteiger partial charge < -0.3 is 9.64 Å². The molecule has 0 radical (unpaired) electrons. The average molecular weight is 317 g/mol. The summed E-state index contributed by atoms with van der Waals surface area (Å²) in [5.41, 5.74) is 0.452. The first-order valence-electron chi connectivity index (χ1n) is 5.23. The molecular formula is C11H10BrFN2O3. The molecule has 96 valence electrons. The molecule has 1 aromatic rings. The summed E-state index contributed by atoms with van der Waals surface area (Å²) in [4.78, 5) is 28.2. The van der Waals surface area contributed by atoms with Crippen LogP contribution in [0.3, 0.4) is 0 Å². The monoisotopic (exact) mass is 316 g/mol. The Balaban J connectivity index is 2.24. The van der Waals surface area contributed by atoms with Crippen molar-refractivity contribution in [2.75, 3.05) is 18.6 Å². The van der Waals surface area contributed by atoms with E-state index in [1.807, 2.05) is 0 Å². The number of rotatable bonds is 2. The molecule has 7 heteroatoms. The molecule has 1 amide bonds. The third-order valence-electron chi connectivity index (χ3n) is 2.75. The minimum Gasteiger partial charge on any atom is -0.469 e. The zero-order chi connectivity index (χ0) is 13.3. The van der Waals surface area contributed by atoms with E-state index in [0.29, 0.717) is 5.69 Å². The second-order valence-electron chi connectivity index (χ2n) is 3.87. The molecule has 1 aliphatic heterocycles. The molecule has 1 unspecified atom stereocenters. The third kappa shape index (κ3) is 2.35. The van der Waals surface area contributed by atoms with Crippen molar-refractivity contribution in [2.45, 2.75) is 6.42 Å². The zero-order valence-corrected chi connectivity index (χ0v) is 11.1. The highest BCUT2D eigenvalue weighted by Crippen LogP contribution is 2.30. The van der Waals surface area contributed by atoms with Gasteiger partial charge in [0.15, 0.2) is 0 Å². The molecule has 1 atom stereocenters. The fraction of sp³-hybridized carbons (Fsp3) is 0.364. The lowest BCUT2D eigenvalue weighted by Crippen LogP contribution is -2.26. The van der Waals surface area contributed by atoms with Crippen LogP contribution in [0.5, 0.6) is 0 Å². The number of hydrogen-bond donors (Lipinski definition) is 0. The molecule has 5 nitrogen and oxygen atoms in total. The lowest BCUT2D eigenvalue weighted by atomic mass is 10.1. The molecule has 18 heavy (non-hydrogen) atoms. The first kappa shape index (κ1) is 12.9. The van der Waals surface area contributed by atoms with Gasteiger partial charge in [0, 0.05) is 13.0 Å². The van der Waals surface area contributed by atoms with E-state index in [1.54, 1.807) is 0 Å². The molecule has 0 aliphatic carbocycles. The van der Waals surface area contributed by atoms with Gasteiger partial charge in [0.1, 0.15) is 4.60 Å². The molecule has 1 saturated heterocycles. The summed E-state index contributed by atoms with van der Waals surface area (Å²) in [7, 11) is 1.28. The summed E-state index contributed by atoms with van der Waals surface area (Å²) in [5.74, 6) is -1.75. The number of anilines is 1. The Morgan fingerprint density at radius 3 is 2.94 bits per heavy atom. The topological polar surface area (TPSA) is 59.5 Å². The van der Waals surface area contributed by atoms with Crippen LogP contribution in [-0.4, -0.2) is 30.5 Å².